The molecule has 0 bridgehead atoms. The van der Waals surface area contributed by atoms with Crippen molar-refractivity contribution in [2.75, 3.05) is 19.8 Å². The third-order valence-corrected chi connectivity index (χ3v) is 18.8. The molecule has 1 rings (SSSR count). The quantitative estimate of drug-likeness (QED) is 0.0195. The first-order valence-electron chi connectivity index (χ1n) is 39.1. The summed E-state index contributed by atoms with van der Waals surface area (Å²) in [6, 6.07) is -0.807. The van der Waals surface area contributed by atoms with Gasteiger partial charge in [-0.25, -0.2) is 0 Å². The van der Waals surface area contributed by atoms with Crippen LogP contribution in [0.4, 0.5) is 0 Å². The van der Waals surface area contributed by atoms with Crippen molar-refractivity contribution in [2.24, 2.45) is 0 Å². The molecule has 1 heterocycles. The Bertz CT molecular complexity index is 1530. The monoisotopic (exact) mass is 1260 g/mol. The molecule has 0 spiro atoms. The van der Waals surface area contributed by atoms with Gasteiger partial charge in [0.15, 0.2) is 6.29 Å². The Kier molecular flexibility index (Phi) is 64.6. The number of aliphatic hydroxyl groups is 5. The Morgan fingerprint density at radius 2 is 0.719 bits per heavy atom. The van der Waals surface area contributed by atoms with Crippen LogP contribution in [0.25, 0.3) is 0 Å². The van der Waals surface area contributed by atoms with Crippen LogP contribution in [0, 0.1) is 0 Å². The van der Waals surface area contributed by atoms with Crippen molar-refractivity contribution < 1.29 is 49.3 Å². The summed E-state index contributed by atoms with van der Waals surface area (Å²) in [5.41, 5.74) is 0. The van der Waals surface area contributed by atoms with Crippen LogP contribution in [0.1, 0.15) is 399 Å². The van der Waals surface area contributed by atoms with E-state index in [1.54, 1.807) is 6.08 Å². The zero-order chi connectivity index (χ0) is 64.4. The molecule has 0 radical (unpaired) electrons. The van der Waals surface area contributed by atoms with E-state index >= 15 is 0 Å². The minimum absolute atomic E-state index is 0.0150. The van der Waals surface area contributed by atoms with Gasteiger partial charge in [-0.2, -0.15) is 0 Å². The van der Waals surface area contributed by atoms with E-state index in [0.717, 1.165) is 51.4 Å². The van der Waals surface area contributed by atoms with E-state index in [0.29, 0.717) is 19.4 Å². The van der Waals surface area contributed by atoms with Gasteiger partial charge >= 0.3 is 5.97 Å². The minimum atomic E-state index is -1.57. The van der Waals surface area contributed by atoms with Gasteiger partial charge in [-0.05, 0) is 57.8 Å². The molecule has 1 fully saturated rings. The lowest BCUT2D eigenvalue weighted by atomic mass is 9.99. The van der Waals surface area contributed by atoms with E-state index in [1.165, 1.54) is 321 Å². The van der Waals surface area contributed by atoms with E-state index < -0.39 is 49.5 Å². The van der Waals surface area contributed by atoms with Gasteiger partial charge in [-0.3, -0.25) is 9.59 Å². The highest BCUT2D eigenvalue weighted by Crippen LogP contribution is 2.24. The minimum Gasteiger partial charge on any atom is -0.466 e. The van der Waals surface area contributed by atoms with E-state index in [1.807, 2.05) is 6.08 Å². The van der Waals surface area contributed by atoms with E-state index in [4.69, 9.17) is 14.2 Å². The number of amides is 1. The third kappa shape index (κ3) is 56.2. The first kappa shape index (κ1) is 85.2. The summed E-state index contributed by atoms with van der Waals surface area (Å²) < 4.78 is 16.8. The van der Waals surface area contributed by atoms with Crippen molar-refractivity contribution in [3.63, 3.8) is 0 Å². The van der Waals surface area contributed by atoms with Gasteiger partial charge in [0.25, 0.3) is 0 Å². The fraction of sp³-hybridized carbons (Fsp3) is 0.923. The van der Waals surface area contributed by atoms with E-state index in [-0.39, 0.29) is 18.5 Å². The Morgan fingerprint density at radius 1 is 0.404 bits per heavy atom. The molecule has 1 aliphatic rings. The predicted octanol–water partition coefficient (Wildman–Crippen LogP) is 20.7. The summed E-state index contributed by atoms with van der Waals surface area (Å²) in [7, 11) is 0. The van der Waals surface area contributed by atoms with Crippen molar-refractivity contribution >= 4 is 11.9 Å². The van der Waals surface area contributed by atoms with Crippen LogP contribution in [0.15, 0.2) is 24.3 Å². The van der Waals surface area contributed by atoms with Crippen LogP contribution < -0.4 is 5.32 Å². The summed E-state index contributed by atoms with van der Waals surface area (Å²) in [6.45, 7) is 4.40. The van der Waals surface area contributed by atoms with Crippen molar-refractivity contribution in [1.29, 1.82) is 0 Å². The van der Waals surface area contributed by atoms with Crippen molar-refractivity contribution in [3.8, 4) is 0 Å². The molecular formula is C78H149NO10. The molecule has 0 saturated carbocycles. The number of carbonyl (C=O) groups is 2. The summed E-state index contributed by atoms with van der Waals surface area (Å²) in [5.74, 6) is -0.160. The largest absolute Gasteiger partial charge is 0.466 e. The van der Waals surface area contributed by atoms with Gasteiger partial charge in [0, 0.05) is 12.8 Å². The standard InChI is InChI=1S/C78H149NO10/c1-3-5-7-9-11-13-15-17-41-44-48-52-56-60-64-71(81)70(69-88-78-77(86)76(85)75(84)72(68-80)89-78)79-73(82)65-61-57-53-49-45-42-39-37-35-33-31-29-27-25-23-21-19-18-20-22-24-26-28-30-32-34-36-38-40-43-47-51-55-59-63-67-87-74(83)66-62-58-54-50-46-16-14-12-10-8-6-4-2/h20,22,60,64,70-72,75-78,80-81,84-86H,3-19,21,23-59,61-63,65-69H2,1-2H3,(H,79,82)/b22-20-,64-60+. The highest BCUT2D eigenvalue weighted by molar-refractivity contribution is 5.76. The average Bonchev–Trinajstić information content (AvgIpc) is 3.63. The number of esters is 1. The number of hydrogen-bond donors (Lipinski definition) is 6. The first-order chi connectivity index (χ1) is 43.7. The molecule has 0 aromatic rings. The highest BCUT2D eigenvalue weighted by Gasteiger charge is 2.44. The van der Waals surface area contributed by atoms with Gasteiger partial charge < -0.3 is 45.1 Å². The Hall–Kier alpha value is -1.86. The molecule has 11 heteroatoms. The Morgan fingerprint density at radius 3 is 1.08 bits per heavy atom. The van der Waals surface area contributed by atoms with Gasteiger partial charge in [-0.1, -0.05) is 353 Å². The fourth-order valence-corrected chi connectivity index (χ4v) is 12.7. The van der Waals surface area contributed by atoms with Crippen LogP contribution in [-0.4, -0.2) is 100 Å². The number of aliphatic hydroxyl groups excluding tert-OH is 5. The number of ether oxygens (including phenoxy) is 3. The lowest BCUT2D eigenvalue weighted by Crippen LogP contribution is -2.60. The van der Waals surface area contributed by atoms with Crippen LogP contribution in [-0.2, 0) is 23.8 Å². The lowest BCUT2D eigenvalue weighted by molar-refractivity contribution is -0.302. The number of allylic oxidation sites excluding steroid dienone is 3. The third-order valence-electron chi connectivity index (χ3n) is 18.8. The lowest BCUT2D eigenvalue weighted by Gasteiger charge is -2.40. The SMILES string of the molecule is CCCCCCCCCCCCCC/C=C/C(O)C(COC1OC(CO)C(O)C(O)C1O)NC(=O)CCCCCCCCCCCCCCCCCCC/C=C\CCCCCCCCCCCCCCCCOC(=O)CCCCCCCCCCCCCC. The first-order valence-corrected chi connectivity index (χ1v) is 39.1. The van der Waals surface area contributed by atoms with Crippen LogP contribution >= 0.6 is 0 Å². The van der Waals surface area contributed by atoms with Crippen molar-refractivity contribution in [3.05, 3.63) is 24.3 Å². The molecule has 1 amide bonds. The van der Waals surface area contributed by atoms with Crippen molar-refractivity contribution in [1.82, 2.24) is 5.32 Å². The molecule has 1 saturated heterocycles. The average molecular weight is 1260 g/mol. The second-order valence-electron chi connectivity index (χ2n) is 27.4. The summed E-state index contributed by atoms with van der Waals surface area (Å²) in [5, 5.41) is 54.6. The number of rotatable bonds is 70. The number of unbranched alkanes of at least 4 members (excludes halogenated alkanes) is 54. The van der Waals surface area contributed by atoms with Gasteiger partial charge in [-0.15, -0.1) is 0 Å². The van der Waals surface area contributed by atoms with Gasteiger partial charge in [0.05, 0.1) is 32.0 Å². The maximum atomic E-state index is 13.1. The van der Waals surface area contributed by atoms with Gasteiger partial charge in [0.1, 0.15) is 24.4 Å². The normalized spacial score (nSPS) is 17.8. The zero-order valence-electron chi connectivity index (χ0n) is 58.7. The van der Waals surface area contributed by atoms with Crippen molar-refractivity contribution in [2.45, 2.75) is 442 Å². The summed E-state index contributed by atoms with van der Waals surface area (Å²) in [4.78, 5) is 25.1. The predicted molar refractivity (Wildman–Crippen MR) is 375 cm³/mol. The Balaban J connectivity index is 1.93. The highest BCUT2D eigenvalue weighted by atomic mass is 16.7. The van der Waals surface area contributed by atoms with Crippen LogP contribution in [0.2, 0.25) is 0 Å². The fourth-order valence-electron chi connectivity index (χ4n) is 12.7. The molecule has 6 N–H and O–H groups in total. The van der Waals surface area contributed by atoms with E-state index in [2.05, 4.69) is 31.3 Å². The Labute approximate surface area is 550 Å². The van der Waals surface area contributed by atoms with Gasteiger partial charge in [0.2, 0.25) is 5.91 Å². The smallest absolute Gasteiger partial charge is 0.305 e. The molecule has 7 unspecified atom stereocenters. The van der Waals surface area contributed by atoms with Crippen LogP contribution in [0.5, 0.6) is 0 Å². The molecule has 0 aromatic carbocycles. The molecule has 1 aliphatic heterocycles. The number of hydrogen-bond acceptors (Lipinski definition) is 10. The molecule has 0 aromatic heterocycles. The maximum Gasteiger partial charge on any atom is 0.305 e. The second kappa shape index (κ2) is 67.6. The topological polar surface area (TPSA) is 175 Å². The number of carbonyl (C=O) groups excluding carboxylic acids is 2. The maximum absolute atomic E-state index is 13.1. The molecule has 7 atom stereocenters. The molecule has 0 aliphatic carbocycles. The zero-order valence-corrected chi connectivity index (χ0v) is 58.7. The second-order valence-corrected chi connectivity index (χ2v) is 27.4. The molecular weight excluding hydrogens is 1110 g/mol. The molecule has 526 valence electrons. The molecule has 11 nitrogen and oxygen atoms in total. The number of nitrogens with one attached hydrogen (secondary N) is 1. The molecule has 89 heavy (non-hydrogen) atoms. The summed E-state index contributed by atoms with van der Waals surface area (Å²) in [6.07, 6.45) is 76.2. The van der Waals surface area contributed by atoms with E-state index in [9.17, 15) is 35.1 Å². The summed E-state index contributed by atoms with van der Waals surface area (Å²) >= 11 is 0. The van der Waals surface area contributed by atoms with Crippen LogP contribution in [0.3, 0.4) is 0 Å².